The van der Waals surface area contributed by atoms with E-state index in [4.69, 9.17) is 18.9 Å². The first-order chi connectivity index (χ1) is 15.0. The summed E-state index contributed by atoms with van der Waals surface area (Å²) in [5, 5.41) is 0. The smallest absolute Gasteiger partial charge is 0.247 e. The van der Waals surface area contributed by atoms with Crippen molar-refractivity contribution >= 4 is 23.4 Å². The van der Waals surface area contributed by atoms with Crippen LogP contribution in [0.15, 0.2) is 47.4 Å². The molecule has 1 atom stereocenters. The van der Waals surface area contributed by atoms with Crippen LogP contribution < -0.4 is 14.4 Å². The number of thioether (sulfide) groups is 1. The molecule has 2 aromatic rings. The van der Waals surface area contributed by atoms with Gasteiger partial charge in [-0.25, -0.2) is 0 Å². The zero-order valence-corrected chi connectivity index (χ0v) is 19.7. The number of nitrogens with zero attached hydrogens (tertiary/aromatic N) is 1. The van der Waals surface area contributed by atoms with Crippen molar-refractivity contribution in [2.75, 3.05) is 39.4 Å². The second-order valence-corrected chi connectivity index (χ2v) is 8.55. The number of carbonyl (C=O) groups excluding carboxylic acids is 1. The van der Waals surface area contributed by atoms with E-state index in [0.29, 0.717) is 37.6 Å². The summed E-state index contributed by atoms with van der Waals surface area (Å²) in [5.74, 6) is 1.25. The molecule has 0 aromatic heterocycles. The van der Waals surface area contributed by atoms with Crippen molar-refractivity contribution in [3.8, 4) is 11.5 Å². The molecular formula is C24H31NO5S. The van der Waals surface area contributed by atoms with Gasteiger partial charge < -0.3 is 23.8 Å². The number of anilines is 1. The van der Waals surface area contributed by atoms with Gasteiger partial charge >= 0.3 is 0 Å². The van der Waals surface area contributed by atoms with Gasteiger partial charge in [-0.2, -0.15) is 0 Å². The standard InChI is InChI=1S/C24H31NO5S/c1-6-29-22(30-7-2)14-15-24(17-12-13-19(27-4)20(16-17)28-5)23(26)25(3)18-10-8-9-11-21(18)31-24/h8-13,16,22H,6-7,14-15H2,1-5H3. The molecule has 0 N–H and O–H groups in total. The number of carbonyl (C=O) groups is 1. The van der Waals surface area contributed by atoms with Gasteiger partial charge in [0, 0.05) is 31.6 Å². The molecule has 0 aliphatic carbocycles. The number of rotatable bonds is 10. The summed E-state index contributed by atoms with van der Waals surface area (Å²) < 4.78 is 21.6. The molecule has 0 radical (unpaired) electrons. The fourth-order valence-electron chi connectivity index (χ4n) is 3.91. The van der Waals surface area contributed by atoms with Gasteiger partial charge in [-0.05, 0) is 50.1 Å². The molecule has 168 valence electrons. The number of benzene rings is 2. The minimum Gasteiger partial charge on any atom is -0.493 e. The van der Waals surface area contributed by atoms with Crippen LogP contribution in [0.3, 0.4) is 0 Å². The number of methoxy groups -OCH3 is 2. The topological polar surface area (TPSA) is 57.2 Å². The lowest BCUT2D eigenvalue weighted by molar-refractivity contribution is -0.142. The van der Waals surface area contributed by atoms with Crippen LogP contribution in [-0.4, -0.2) is 46.7 Å². The molecule has 2 aromatic carbocycles. The molecule has 0 bridgehead atoms. The zero-order valence-electron chi connectivity index (χ0n) is 18.8. The van der Waals surface area contributed by atoms with Gasteiger partial charge in [0.05, 0.1) is 19.9 Å². The van der Waals surface area contributed by atoms with Crippen LogP contribution >= 0.6 is 11.8 Å². The maximum Gasteiger partial charge on any atom is 0.247 e. The van der Waals surface area contributed by atoms with E-state index in [1.807, 2.05) is 57.3 Å². The van der Waals surface area contributed by atoms with Crippen molar-refractivity contribution in [1.82, 2.24) is 0 Å². The van der Waals surface area contributed by atoms with E-state index >= 15 is 0 Å². The van der Waals surface area contributed by atoms with Crippen molar-refractivity contribution in [3.63, 3.8) is 0 Å². The largest absolute Gasteiger partial charge is 0.493 e. The van der Waals surface area contributed by atoms with Crippen LogP contribution in [0.1, 0.15) is 32.3 Å². The highest BCUT2D eigenvalue weighted by atomic mass is 32.2. The van der Waals surface area contributed by atoms with Gasteiger partial charge in [-0.15, -0.1) is 11.8 Å². The third kappa shape index (κ3) is 4.68. The Bertz CT molecular complexity index is 899. The summed E-state index contributed by atoms with van der Waals surface area (Å²) in [4.78, 5) is 16.7. The molecule has 6 nitrogen and oxygen atoms in total. The Morgan fingerprint density at radius 3 is 2.32 bits per heavy atom. The Morgan fingerprint density at radius 1 is 1.00 bits per heavy atom. The Balaban J connectivity index is 2.07. The van der Waals surface area contributed by atoms with Gasteiger partial charge in [0.2, 0.25) is 5.91 Å². The lowest BCUT2D eigenvalue weighted by atomic mass is 9.90. The molecule has 1 heterocycles. The molecule has 1 unspecified atom stereocenters. The third-order valence-electron chi connectivity index (χ3n) is 5.45. The molecule has 7 heteroatoms. The molecule has 1 amide bonds. The Morgan fingerprint density at radius 2 is 1.68 bits per heavy atom. The molecule has 0 fully saturated rings. The van der Waals surface area contributed by atoms with Gasteiger partial charge in [0.25, 0.3) is 0 Å². The summed E-state index contributed by atoms with van der Waals surface area (Å²) in [5.41, 5.74) is 1.79. The van der Waals surface area contributed by atoms with Crippen molar-refractivity contribution < 1.29 is 23.7 Å². The quantitative estimate of drug-likeness (QED) is 0.488. The SMILES string of the molecule is CCOC(CCC1(c2ccc(OC)c(OC)c2)Sc2ccccc2N(C)C1=O)OCC. The highest BCUT2D eigenvalue weighted by Gasteiger charge is 2.48. The number of hydrogen-bond donors (Lipinski definition) is 0. The van der Waals surface area contributed by atoms with E-state index in [1.165, 1.54) is 0 Å². The number of amides is 1. The van der Waals surface area contributed by atoms with Crippen LogP contribution in [-0.2, 0) is 19.0 Å². The van der Waals surface area contributed by atoms with Crippen molar-refractivity contribution in [1.29, 1.82) is 0 Å². The van der Waals surface area contributed by atoms with Gasteiger partial charge in [0.15, 0.2) is 17.8 Å². The molecular weight excluding hydrogens is 414 g/mol. The zero-order chi connectivity index (χ0) is 22.4. The fourth-order valence-corrected chi connectivity index (χ4v) is 5.43. The van der Waals surface area contributed by atoms with E-state index in [2.05, 4.69) is 6.07 Å². The molecule has 1 aliphatic rings. The van der Waals surface area contributed by atoms with Crippen molar-refractivity contribution in [2.24, 2.45) is 0 Å². The summed E-state index contributed by atoms with van der Waals surface area (Å²) in [6.45, 7) is 5.00. The normalized spacial score (nSPS) is 18.3. The number of fused-ring (bicyclic) bond motifs is 1. The predicted octanol–water partition coefficient (Wildman–Crippen LogP) is 4.85. The van der Waals surface area contributed by atoms with Crippen LogP contribution in [0.2, 0.25) is 0 Å². The van der Waals surface area contributed by atoms with E-state index in [1.54, 1.807) is 30.9 Å². The first-order valence-electron chi connectivity index (χ1n) is 10.5. The Labute approximate surface area is 188 Å². The van der Waals surface area contributed by atoms with Crippen molar-refractivity contribution in [2.45, 2.75) is 42.6 Å². The molecule has 0 saturated heterocycles. The summed E-state index contributed by atoms with van der Waals surface area (Å²) >= 11 is 1.58. The number of ether oxygens (including phenoxy) is 4. The van der Waals surface area contributed by atoms with Crippen LogP contribution in [0.4, 0.5) is 5.69 Å². The van der Waals surface area contributed by atoms with Gasteiger partial charge in [0.1, 0.15) is 4.75 Å². The van der Waals surface area contributed by atoms with E-state index in [-0.39, 0.29) is 12.2 Å². The van der Waals surface area contributed by atoms with E-state index in [0.717, 1.165) is 16.1 Å². The molecule has 31 heavy (non-hydrogen) atoms. The molecule has 1 aliphatic heterocycles. The summed E-state index contributed by atoms with van der Waals surface area (Å²) in [6, 6.07) is 13.7. The summed E-state index contributed by atoms with van der Waals surface area (Å²) in [7, 11) is 5.04. The highest BCUT2D eigenvalue weighted by molar-refractivity contribution is 8.01. The van der Waals surface area contributed by atoms with Crippen LogP contribution in [0, 0.1) is 0 Å². The van der Waals surface area contributed by atoms with Gasteiger partial charge in [-0.3, -0.25) is 4.79 Å². The minimum absolute atomic E-state index is 0.0233. The monoisotopic (exact) mass is 445 g/mol. The Hall–Kier alpha value is -2.22. The second-order valence-electron chi connectivity index (χ2n) is 7.21. The number of hydrogen-bond acceptors (Lipinski definition) is 6. The lowest BCUT2D eigenvalue weighted by Crippen LogP contribution is -2.46. The van der Waals surface area contributed by atoms with E-state index in [9.17, 15) is 4.79 Å². The van der Waals surface area contributed by atoms with Crippen LogP contribution in [0.25, 0.3) is 0 Å². The highest BCUT2D eigenvalue weighted by Crippen LogP contribution is 2.54. The maximum atomic E-state index is 13.8. The van der Waals surface area contributed by atoms with E-state index < -0.39 is 4.75 Å². The Kier molecular flexibility index (Phi) is 7.86. The lowest BCUT2D eigenvalue weighted by Gasteiger charge is -2.41. The minimum atomic E-state index is -0.838. The molecule has 0 saturated carbocycles. The maximum absolute atomic E-state index is 13.8. The second kappa shape index (κ2) is 10.4. The summed E-state index contributed by atoms with van der Waals surface area (Å²) in [6.07, 6.45) is 0.781. The molecule has 3 rings (SSSR count). The average Bonchev–Trinajstić information content (AvgIpc) is 2.80. The fraction of sp³-hybridized carbons (Fsp3) is 0.458. The first-order valence-corrected chi connectivity index (χ1v) is 11.3. The number of likely N-dealkylation sites (N-methyl/N-ethyl adjacent to an activating group) is 1. The first kappa shape index (κ1) is 23.4. The number of para-hydroxylation sites is 1. The molecule has 0 spiro atoms. The average molecular weight is 446 g/mol. The third-order valence-corrected chi connectivity index (χ3v) is 6.98. The van der Waals surface area contributed by atoms with Gasteiger partial charge in [-0.1, -0.05) is 18.2 Å². The predicted molar refractivity (Wildman–Crippen MR) is 123 cm³/mol. The van der Waals surface area contributed by atoms with Crippen LogP contribution in [0.5, 0.6) is 11.5 Å². The van der Waals surface area contributed by atoms with Crippen molar-refractivity contribution in [3.05, 3.63) is 48.0 Å².